The van der Waals surface area contributed by atoms with Gasteiger partial charge in [0.1, 0.15) is 5.82 Å². The smallest absolute Gasteiger partial charge is 0.253 e. The van der Waals surface area contributed by atoms with Crippen molar-refractivity contribution in [2.45, 2.75) is 52.7 Å². The van der Waals surface area contributed by atoms with Crippen LogP contribution in [0.25, 0.3) is 0 Å². The van der Waals surface area contributed by atoms with Gasteiger partial charge in [0.05, 0.1) is 12.2 Å². The summed E-state index contributed by atoms with van der Waals surface area (Å²) in [6.07, 6.45) is -0.199. The van der Waals surface area contributed by atoms with Gasteiger partial charge in [0.15, 0.2) is 0 Å². The highest BCUT2D eigenvalue weighted by molar-refractivity contribution is 5.26. The Morgan fingerprint density at radius 2 is 1.71 bits per heavy atom. The summed E-state index contributed by atoms with van der Waals surface area (Å²) in [6, 6.07) is 4.24. The predicted octanol–water partition coefficient (Wildman–Crippen LogP) is 2.36. The number of benzene rings is 1. The van der Waals surface area contributed by atoms with Crippen LogP contribution in [0.3, 0.4) is 0 Å². The zero-order valence-electron chi connectivity index (χ0n) is 13.4. The van der Waals surface area contributed by atoms with Crippen molar-refractivity contribution in [3.8, 4) is 0 Å². The quantitative estimate of drug-likeness (QED) is 0.823. The molecule has 0 bridgehead atoms. The van der Waals surface area contributed by atoms with Gasteiger partial charge in [-0.1, -0.05) is 26.0 Å². The van der Waals surface area contributed by atoms with Gasteiger partial charge in [-0.3, -0.25) is 0 Å². The molecule has 0 saturated carbocycles. The first-order valence-corrected chi connectivity index (χ1v) is 7.42. The molecule has 2 atom stereocenters. The van der Waals surface area contributed by atoms with E-state index in [0.717, 1.165) is 0 Å². The lowest BCUT2D eigenvalue weighted by Crippen LogP contribution is -2.55. The second kappa shape index (κ2) is 7.31. The molecule has 1 saturated heterocycles. The molecule has 1 aromatic carbocycles. The van der Waals surface area contributed by atoms with Gasteiger partial charge < -0.3 is 14.9 Å². The van der Waals surface area contributed by atoms with Crippen molar-refractivity contribution in [2.24, 2.45) is 0 Å². The van der Waals surface area contributed by atoms with Gasteiger partial charge in [0.25, 0.3) is 5.91 Å². The van der Waals surface area contributed by atoms with Crippen molar-refractivity contribution in [1.82, 2.24) is 4.90 Å². The third kappa shape index (κ3) is 4.23. The van der Waals surface area contributed by atoms with Crippen molar-refractivity contribution in [3.63, 3.8) is 0 Å². The number of aliphatic hydroxyl groups is 2. The molecule has 21 heavy (non-hydrogen) atoms. The third-order valence-corrected chi connectivity index (χ3v) is 3.42. The zero-order valence-corrected chi connectivity index (χ0v) is 13.4. The van der Waals surface area contributed by atoms with Crippen molar-refractivity contribution < 1.29 is 19.3 Å². The van der Waals surface area contributed by atoms with Gasteiger partial charge in [0.2, 0.25) is 0 Å². The highest BCUT2D eigenvalue weighted by Crippen LogP contribution is 2.27. The molecule has 0 aromatic heterocycles. The fourth-order valence-electron chi connectivity index (χ4n) is 2.42. The number of nitrogens with zero attached hydrogens (tertiary/aromatic N) is 1. The van der Waals surface area contributed by atoms with E-state index in [0.29, 0.717) is 18.7 Å². The molecular weight excluding hydrogens is 273 g/mol. The molecule has 2 unspecified atom stereocenters. The van der Waals surface area contributed by atoms with Crippen molar-refractivity contribution in [3.05, 3.63) is 35.1 Å². The molecule has 2 N–H and O–H groups in total. The Morgan fingerprint density at radius 3 is 2.19 bits per heavy atom. The summed E-state index contributed by atoms with van der Waals surface area (Å²) in [5.41, 5.74) is 0.611. The molecule has 0 spiro atoms. The Labute approximate surface area is 126 Å². The van der Waals surface area contributed by atoms with E-state index in [1.807, 2.05) is 27.7 Å². The van der Waals surface area contributed by atoms with Crippen LogP contribution >= 0.6 is 0 Å². The average molecular weight is 299 g/mol. The minimum atomic E-state index is -2.18. The second-order valence-electron chi connectivity index (χ2n) is 5.26. The van der Waals surface area contributed by atoms with Gasteiger partial charge >= 0.3 is 0 Å². The molecule has 1 aliphatic rings. The zero-order chi connectivity index (χ0) is 16.2. The molecule has 5 heteroatoms. The van der Waals surface area contributed by atoms with E-state index in [9.17, 15) is 14.6 Å². The molecule has 4 nitrogen and oxygen atoms in total. The number of hydrogen-bond acceptors (Lipinski definition) is 4. The van der Waals surface area contributed by atoms with Crippen LogP contribution in [0, 0.1) is 12.7 Å². The number of ether oxygens (including phenoxy) is 1. The fraction of sp³-hybridized carbons (Fsp3) is 0.625. The maximum atomic E-state index is 13.6. The molecule has 120 valence electrons. The monoisotopic (exact) mass is 299 g/mol. The lowest BCUT2D eigenvalue weighted by atomic mass is 10.1. The van der Waals surface area contributed by atoms with Crippen LogP contribution in [0.2, 0.25) is 0 Å². The molecule has 2 rings (SSSR count). The van der Waals surface area contributed by atoms with Crippen molar-refractivity contribution >= 4 is 0 Å². The van der Waals surface area contributed by atoms with Crippen LogP contribution in [0.4, 0.5) is 4.39 Å². The van der Waals surface area contributed by atoms with Crippen LogP contribution in [0.1, 0.15) is 38.8 Å². The number of morpholine rings is 1. The SMILES string of the molecule is CC.Cc1ccc(C(O)(O)N2CC(C)OC(C)C2)cc1F. The van der Waals surface area contributed by atoms with Gasteiger partial charge in [-0.25, -0.2) is 9.29 Å². The van der Waals surface area contributed by atoms with E-state index in [4.69, 9.17) is 4.74 Å². The van der Waals surface area contributed by atoms with Gasteiger partial charge in [-0.05, 0) is 32.4 Å². The Morgan fingerprint density at radius 1 is 1.19 bits per heavy atom. The molecule has 1 aliphatic heterocycles. The van der Waals surface area contributed by atoms with Gasteiger partial charge in [-0.15, -0.1) is 0 Å². The minimum Gasteiger partial charge on any atom is -0.373 e. The number of halogens is 1. The summed E-state index contributed by atoms with van der Waals surface area (Å²) < 4.78 is 19.1. The topological polar surface area (TPSA) is 52.9 Å². The summed E-state index contributed by atoms with van der Waals surface area (Å²) >= 11 is 0. The summed E-state index contributed by atoms with van der Waals surface area (Å²) in [5, 5.41) is 20.6. The highest BCUT2D eigenvalue weighted by atomic mass is 19.1. The molecule has 1 aromatic rings. The summed E-state index contributed by atoms with van der Waals surface area (Å²) in [4.78, 5) is 1.50. The molecule has 0 radical (unpaired) electrons. The van der Waals surface area contributed by atoms with E-state index in [-0.39, 0.29) is 17.8 Å². The lowest BCUT2D eigenvalue weighted by molar-refractivity contribution is -0.298. The molecular formula is C16H26FNO3. The van der Waals surface area contributed by atoms with E-state index >= 15 is 0 Å². The number of rotatable bonds is 2. The summed E-state index contributed by atoms with van der Waals surface area (Å²) in [7, 11) is 0. The first-order chi connectivity index (χ1) is 9.80. The van der Waals surface area contributed by atoms with Crippen LogP contribution in [-0.4, -0.2) is 40.4 Å². The third-order valence-electron chi connectivity index (χ3n) is 3.42. The fourth-order valence-corrected chi connectivity index (χ4v) is 2.42. The van der Waals surface area contributed by atoms with Gasteiger partial charge in [-0.2, -0.15) is 0 Å². The maximum Gasteiger partial charge on any atom is 0.253 e. The van der Waals surface area contributed by atoms with Crippen molar-refractivity contribution in [2.75, 3.05) is 13.1 Å². The summed E-state index contributed by atoms with van der Waals surface area (Å²) in [6.45, 7) is 10.1. The van der Waals surface area contributed by atoms with E-state index in [2.05, 4.69) is 0 Å². The molecule has 1 heterocycles. The Kier molecular flexibility index (Phi) is 6.28. The standard InChI is InChI=1S/C14H20FNO3.C2H6/c1-9-4-5-12(6-13(9)15)14(17,18)16-7-10(2)19-11(3)8-16;1-2/h4-6,10-11,17-18H,7-8H2,1-3H3;1-2H3. The molecule has 0 amide bonds. The molecule has 1 fully saturated rings. The Balaban J connectivity index is 0.00000106. The average Bonchev–Trinajstić information content (AvgIpc) is 2.43. The second-order valence-corrected chi connectivity index (χ2v) is 5.26. The number of aryl methyl sites for hydroxylation is 1. The molecule has 0 aliphatic carbocycles. The van der Waals surface area contributed by atoms with Crippen LogP contribution in [0.15, 0.2) is 18.2 Å². The first kappa shape index (κ1) is 18.0. The van der Waals surface area contributed by atoms with Crippen molar-refractivity contribution in [1.29, 1.82) is 0 Å². The largest absolute Gasteiger partial charge is 0.373 e. The minimum absolute atomic E-state index is 0.0993. The van der Waals surface area contributed by atoms with Crippen LogP contribution < -0.4 is 0 Å². The highest BCUT2D eigenvalue weighted by Gasteiger charge is 2.38. The van der Waals surface area contributed by atoms with E-state index in [1.165, 1.54) is 17.0 Å². The van der Waals surface area contributed by atoms with Crippen LogP contribution in [-0.2, 0) is 10.6 Å². The normalized spacial score (nSPS) is 23.4. The van der Waals surface area contributed by atoms with E-state index in [1.54, 1.807) is 13.0 Å². The van der Waals surface area contributed by atoms with Gasteiger partial charge in [0, 0.05) is 18.7 Å². The van der Waals surface area contributed by atoms with Crippen LogP contribution in [0.5, 0.6) is 0 Å². The summed E-state index contributed by atoms with van der Waals surface area (Å²) in [5.74, 6) is -2.62. The lowest BCUT2D eigenvalue weighted by Gasteiger charge is -2.42. The Hall–Kier alpha value is -1.01. The number of hydrogen-bond donors (Lipinski definition) is 2. The maximum absolute atomic E-state index is 13.6. The predicted molar refractivity (Wildman–Crippen MR) is 80.2 cm³/mol. The van der Waals surface area contributed by atoms with E-state index < -0.39 is 11.7 Å². The first-order valence-electron chi connectivity index (χ1n) is 7.42. The Bertz CT molecular complexity index is 455.